The molecule has 0 aliphatic carbocycles. The van der Waals surface area contributed by atoms with Gasteiger partial charge in [0.1, 0.15) is 6.04 Å². The van der Waals surface area contributed by atoms with E-state index in [4.69, 9.17) is 5.11 Å². The molecule has 156 valence electrons. The minimum absolute atomic E-state index is 0. The van der Waals surface area contributed by atoms with E-state index in [1.54, 1.807) is 0 Å². The Morgan fingerprint density at radius 2 is 1.26 bits per heavy atom. The Bertz CT molecular complexity index is 278. The van der Waals surface area contributed by atoms with Gasteiger partial charge >= 0.3 is 35.5 Å². The smallest absolute Gasteiger partial charge is 0.480 e. The molecule has 1 heterocycles. The van der Waals surface area contributed by atoms with Gasteiger partial charge in [0.05, 0.1) is 0 Å². The Kier molecular flexibility index (Phi) is 26.9. The average Bonchev–Trinajstić information content (AvgIpc) is 3.18. The minimum atomic E-state index is -0.720. The van der Waals surface area contributed by atoms with Gasteiger partial charge < -0.3 is 17.3 Å². The van der Waals surface area contributed by atoms with Crippen LogP contribution in [0.25, 0.3) is 0 Å². The third-order valence-electron chi connectivity index (χ3n) is 5.21. The van der Waals surface area contributed by atoms with Gasteiger partial charge in [-0.2, -0.15) is 6.42 Å². The van der Waals surface area contributed by atoms with Crippen LogP contribution in [0.3, 0.4) is 0 Å². The van der Waals surface area contributed by atoms with E-state index >= 15 is 0 Å². The second-order valence-corrected chi connectivity index (χ2v) is 7.79. The number of hydrogen-bond donors (Lipinski definition) is 2. The molecule has 0 spiro atoms. The van der Waals surface area contributed by atoms with Crippen molar-refractivity contribution in [2.24, 2.45) is 0 Å². The van der Waals surface area contributed by atoms with E-state index in [0.717, 1.165) is 25.8 Å². The zero-order chi connectivity index (χ0) is 19.3. The summed E-state index contributed by atoms with van der Waals surface area (Å²) in [4.78, 5) is 10.1. The van der Waals surface area contributed by atoms with E-state index in [2.05, 4.69) is 19.2 Å². The van der Waals surface area contributed by atoms with Gasteiger partial charge in [-0.15, -0.1) is 0 Å². The monoisotopic (exact) mass is 391 g/mol. The Labute approximate surface area is 192 Å². The Balaban J connectivity index is 0. The third-order valence-corrected chi connectivity index (χ3v) is 5.21. The molecule has 2 N–H and O–H groups in total. The number of carbonyl (C=O) groups is 1. The number of hydrogen-bond acceptors (Lipinski definition) is 2. The molecule has 1 saturated heterocycles. The van der Waals surface area contributed by atoms with Crippen molar-refractivity contribution in [3.8, 4) is 0 Å². The molecule has 0 aromatic rings. The summed E-state index contributed by atoms with van der Waals surface area (Å²) in [6.45, 7) is 7.03. The number of rotatable bonds is 16. The van der Waals surface area contributed by atoms with Crippen LogP contribution in [0.15, 0.2) is 0 Å². The molecular formula is C23H46NNaO2. The van der Waals surface area contributed by atoms with E-state index in [1.807, 2.05) is 0 Å². The molecule has 0 saturated carbocycles. The maximum atomic E-state index is 10.1. The van der Waals surface area contributed by atoms with Crippen LogP contribution in [0.5, 0.6) is 0 Å². The van der Waals surface area contributed by atoms with Crippen molar-refractivity contribution < 1.29 is 39.5 Å². The van der Waals surface area contributed by atoms with Crippen molar-refractivity contribution >= 4 is 5.97 Å². The van der Waals surface area contributed by atoms with E-state index in [-0.39, 0.29) is 35.6 Å². The molecule has 0 unspecified atom stereocenters. The molecule has 1 fully saturated rings. The van der Waals surface area contributed by atoms with E-state index in [0.29, 0.717) is 0 Å². The fraction of sp³-hybridized carbons (Fsp3) is 0.913. The molecule has 4 heteroatoms. The average molecular weight is 392 g/mol. The first-order valence-corrected chi connectivity index (χ1v) is 11.5. The molecule has 1 aliphatic rings. The fourth-order valence-corrected chi connectivity index (χ4v) is 3.44. The molecule has 1 rings (SSSR count). The number of unbranched alkanes of at least 4 members (excludes halogenated alkanes) is 15. The molecule has 0 amide bonds. The molecule has 27 heavy (non-hydrogen) atoms. The largest absolute Gasteiger partial charge is 1.00 e. The maximum Gasteiger partial charge on any atom is 1.00 e. The Morgan fingerprint density at radius 3 is 1.52 bits per heavy atom. The second-order valence-electron chi connectivity index (χ2n) is 7.79. The number of carboxylic acid groups (broad SMARTS) is 1. The molecule has 0 aromatic carbocycles. The molecule has 3 nitrogen and oxygen atoms in total. The Hall–Kier alpha value is 0.430. The molecule has 1 aliphatic heterocycles. The number of aliphatic carboxylic acids is 1. The summed E-state index contributed by atoms with van der Waals surface area (Å²) in [5.74, 6) is -0.720. The van der Waals surface area contributed by atoms with Gasteiger partial charge in [0.15, 0.2) is 0 Å². The summed E-state index contributed by atoms with van der Waals surface area (Å²) in [6.07, 6.45) is 24.6. The van der Waals surface area contributed by atoms with Gasteiger partial charge in [-0.05, 0) is 19.4 Å². The molecule has 0 radical (unpaired) electrons. The van der Waals surface area contributed by atoms with Crippen LogP contribution in [0.1, 0.15) is 122 Å². The van der Waals surface area contributed by atoms with Crippen LogP contribution in [0.4, 0.5) is 0 Å². The first-order valence-electron chi connectivity index (χ1n) is 11.5. The quantitative estimate of drug-likeness (QED) is 0.238. The molecule has 0 bridgehead atoms. The van der Waals surface area contributed by atoms with Crippen molar-refractivity contribution in [2.75, 3.05) is 6.54 Å². The van der Waals surface area contributed by atoms with Gasteiger partial charge in [-0.1, -0.05) is 103 Å². The zero-order valence-electron chi connectivity index (χ0n) is 18.6. The first kappa shape index (κ1) is 29.6. The summed E-state index contributed by atoms with van der Waals surface area (Å²) in [5.41, 5.74) is 0. The van der Waals surface area contributed by atoms with Crippen molar-refractivity contribution in [3.63, 3.8) is 0 Å². The fourth-order valence-electron chi connectivity index (χ4n) is 3.44. The Morgan fingerprint density at radius 1 is 0.852 bits per heavy atom. The van der Waals surface area contributed by atoms with Crippen molar-refractivity contribution in [1.29, 1.82) is 0 Å². The summed E-state index contributed by atoms with van der Waals surface area (Å²) < 4.78 is 0. The van der Waals surface area contributed by atoms with Gasteiger partial charge in [-0.3, -0.25) is 4.79 Å². The number of nitrogens with one attached hydrogen (secondary N) is 1. The van der Waals surface area contributed by atoms with Gasteiger partial charge in [0.2, 0.25) is 0 Å². The van der Waals surface area contributed by atoms with Crippen molar-refractivity contribution in [3.05, 3.63) is 6.92 Å². The summed E-state index contributed by atoms with van der Waals surface area (Å²) in [5, 5.41) is 11.2. The number of carboxylic acids is 1. The molecular weight excluding hydrogens is 345 g/mol. The topological polar surface area (TPSA) is 49.3 Å². The standard InChI is InChI=1S/C18H37.C5H9NO2.Na/c1-3-5-7-9-11-13-15-17-18-16-14-12-10-8-6-4-2;7-5(8)4-2-1-3-6-4;/h1,3-18H2,2H3;4,6H,1-3H2,(H,7,8);/q-1;;+1/t;4-;/m.0./s1. The SMILES string of the molecule is O=C(O)[C@@H]1CCCN1.[CH2-]CCCCCCCCCCCCCCCCC.[Na+]. The van der Waals surface area contributed by atoms with Crippen molar-refractivity contribution in [1.82, 2.24) is 5.32 Å². The predicted octanol–water partition coefficient (Wildman–Crippen LogP) is 3.91. The van der Waals surface area contributed by atoms with Crippen LogP contribution in [-0.4, -0.2) is 23.7 Å². The molecule has 0 aromatic heterocycles. The van der Waals surface area contributed by atoms with E-state index in [1.165, 1.54) is 96.3 Å². The summed E-state index contributed by atoms with van der Waals surface area (Å²) >= 11 is 0. The maximum absolute atomic E-state index is 10.1. The van der Waals surface area contributed by atoms with Crippen LogP contribution >= 0.6 is 0 Å². The summed E-state index contributed by atoms with van der Waals surface area (Å²) in [7, 11) is 0. The van der Waals surface area contributed by atoms with Crippen LogP contribution in [0.2, 0.25) is 0 Å². The van der Waals surface area contributed by atoms with Crippen LogP contribution in [0, 0.1) is 6.92 Å². The van der Waals surface area contributed by atoms with Crippen molar-refractivity contribution in [2.45, 2.75) is 129 Å². The normalized spacial score (nSPS) is 15.7. The third kappa shape index (κ3) is 22.6. The van der Waals surface area contributed by atoms with Gasteiger partial charge in [0, 0.05) is 0 Å². The van der Waals surface area contributed by atoms with Gasteiger partial charge in [0.25, 0.3) is 0 Å². The second kappa shape index (κ2) is 24.5. The van der Waals surface area contributed by atoms with Gasteiger partial charge in [-0.25, -0.2) is 0 Å². The van der Waals surface area contributed by atoms with Crippen LogP contribution < -0.4 is 34.9 Å². The zero-order valence-corrected chi connectivity index (χ0v) is 20.6. The first-order chi connectivity index (χ1) is 12.7. The minimum Gasteiger partial charge on any atom is -0.480 e. The molecule has 1 atom stereocenters. The summed E-state index contributed by atoms with van der Waals surface area (Å²) in [6, 6.07) is -0.269. The van der Waals surface area contributed by atoms with Crippen LogP contribution in [-0.2, 0) is 4.79 Å². The van der Waals surface area contributed by atoms with E-state index in [9.17, 15) is 4.79 Å². The predicted molar refractivity (Wildman–Crippen MR) is 114 cm³/mol. The van der Waals surface area contributed by atoms with E-state index < -0.39 is 5.97 Å².